The maximum absolute atomic E-state index is 4.87. The summed E-state index contributed by atoms with van der Waals surface area (Å²) < 4.78 is 2.60. The third-order valence-corrected chi connectivity index (χ3v) is 8.01. The molecule has 0 radical (unpaired) electrons. The topological polar surface area (TPSA) is 29.0 Å². The summed E-state index contributed by atoms with van der Waals surface area (Å²) in [6.07, 6.45) is 4.44. The van der Waals surface area contributed by atoms with Crippen LogP contribution in [0.25, 0.3) is 20.4 Å². The maximum atomic E-state index is 4.87. The molecule has 3 nitrogen and oxygen atoms in total. The van der Waals surface area contributed by atoms with Gasteiger partial charge < -0.3 is 4.90 Å². The molecule has 1 saturated heterocycles. The van der Waals surface area contributed by atoms with Crippen molar-refractivity contribution in [3.63, 3.8) is 0 Å². The van der Waals surface area contributed by atoms with Gasteiger partial charge in [0.1, 0.15) is 0 Å². The number of hydrogen-bond acceptors (Lipinski definition) is 6. The van der Waals surface area contributed by atoms with Gasteiger partial charge in [0.25, 0.3) is 0 Å². The summed E-state index contributed by atoms with van der Waals surface area (Å²) in [5.41, 5.74) is 2.27. The van der Waals surface area contributed by atoms with Gasteiger partial charge in [-0.25, -0.2) is 9.97 Å². The van der Waals surface area contributed by atoms with E-state index in [1.54, 1.807) is 11.8 Å². The normalized spacial score (nSPS) is 16.0. The summed E-state index contributed by atoms with van der Waals surface area (Å²) in [7, 11) is 0. The number of anilines is 1. The van der Waals surface area contributed by atoms with E-state index in [1.807, 2.05) is 22.7 Å². The first-order valence-corrected chi connectivity index (χ1v) is 11.7. The van der Waals surface area contributed by atoms with Crippen molar-refractivity contribution >= 4 is 60.0 Å². The van der Waals surface area contributed by atoms with Gasteiger partial charge in [0.15, 0.2) is 5.13 Å². The highest BCUT2D eigenvalue weighted by atomic mass is 32.2. The van der Waals surface area contributed by atoms with Crippen LogP contribution in [0.4, 0.5) is 5.13 Å². The number of nitrogens with zero attached hydrogens (tertiary/aromatic N) is 3. The third-order valence-electron chi connectivity index (χ3n) is 5.01. The van der Waals surface area contributed by atoms with Gasteiger partial charge >= 0.3 is 0 Å². The first-order chi connectivity index (χ1) is 12.8. The van der Waals surface area contributed by atoms with Crippen molar-refractivity contribution in [3.8, 4) is 0 Å². The van der Waals surface area contributed by atoms with Gasteiger partial charge in [-0.2, -0.15) is 0 Å². The van der Waals surface area contributed by atoms with Gasteiger partial charge in [-0.3, -0.25) is 0 Å². The number of fused-ring (bicyclic) bond motifs is 2. The zero-order valence-electron chi connectivity index (χ0n) is 14.5. The van der Waals surface area contributed by atoms with Gasteiger partial charge in [-0.05, 0) is 49.4 Å². The predicted molar refractivity (Wildman–Crippen MR) is 115 cm³/mol. The molecule has 6 heteroatoms. The zero-order valence-corrected chi connectivity index (χ0v) is 17.0. The van der Waals surface area contributed by atoms with Gasteiger partial charge in [0, 0.05) is 23.9 Å². The Labute approximate surface area is 165 Å². The average molecular weight is 398 g/mol. The fourth-order valence-corrected chi connectivity index (χ4v) is 6.24. The van der Waals surface area contributed by atoms with Crippen molar-refractivity contribution in [1.29, 1.82) is 0 Å². The molecule has 26 heavy (non-hydrogen) atoms. The van der Waals surface area contributed by atoms with E-state index in [0.717, 1.165) is 37.0 Å². The number of thioether (sulfide) groups is 1. The second-order valence-corrected chi connectivity index (χ2v) is 9.56. The molecule has 1 fully saturated rings. The largest absolute Gasteiger partial charge is 0.348 e. The molecule has 0 bridgehead atoms. The standard InChI is InChI=1S/C20H19N3S3/c1-24-14-6-7-16-18(12-14)26-20(22-16)23-10-8-13(9-11-23)19-21-15-4-2-3-5-17(15)25-19/h2-7,12-13H,8-11H2,1H3. The van der Waals surface area contributed by atoms with E-state index in [1.165, 1.54) is 24.4 Å². The van der Waals surface area contributed by atoms with E-state index in [9.17, 15) is 0 Å². The molecule has 0 N–H and O–H groups in total. The lowest BCUT2D eigenvalue weighted by molar-refractivity contribution is 0.504. The Bertz CT molecular complexity index is 1030. The molecule has 3 heterocycles. The van der Waals surface area contributed by atoms with Crippen molar-refractivity contribution in [2.45, 2.75) is 23.7 Å². The van der Waals surface area contributed by atoms with Crippen LogP contribution in [0.1, 0.15) is 23.8 Å². The van der Waals surface area contributed by atoms with Crippen LogP contribution in [-0.2, 0) is 0 Å². The number of piperidine rings is 1. The third kappa shape index (κ3) is 3.00. The average Bonchev–Trinajstić information content (AvgIpc) is 3.31. The zero-order chi connectivity index (χ0) is 17.5. The van der Waals surface area contributed by atoms with Crippen molar-refractivity contribution in [1.82, 2.24) is 9.97 Å². The Hall–Kier alpha value is -1.63. The molecule has 0 aliphatic carbocycles. The van der Waals surface area contributed by atoms with Gasteiger partial charge in [0.2, 0.25) is 0 Å². The van der Waals surface area contributed by atoms with Crippen molar-refractivity contribution in [2.24, 2.45) is 0 Å². The number of hydrogen-bond donors (Lipinski definition) is 0. The quantitative estimate of drug-likeness (QED) is 0.396. The van der Waals surface area contributed by atoms with Crippen LogP contribution in [0.15, 0.2) is 47.4 Å². The Morgan fingerprint density at radius 3 is 2.58 bits per heavy atom. The van der Waals surface area contributed by atoms with Crippen LogP contribution >= 0.6 is 34.4 Å². The van der Waals surface area contributed by atoms with Crippen LogP contribution in [0.3, 0.4) is 0 Å². The number of benzene rings is 2. The van der Waals surface area contributed by atoms with E-state index in [0.29, 0.717) is 5.92 Å². The van der Waals surface area contributed by atoms with E-state index < -0.39 is 0 Å². The summed E-state index contributed by atoms with van der Waals surface area (Å²) >= 11 is 5.47. The van der Waals surface area contributed by atoms with Gasteiger partial charge in [-0.15, -0.1) is 23.1 Å². The van der Waals surface area contributed by atoms with E-state index in [-0.39, 0.29) is 0 Å². The fraction of sp³-hybridized carbons (Fsp3) is 0.300. The maximum Gasteiger partial charge on any atom is 0.186 e. The Kier molecular flexibility index (Phi) is 4.35. The summed E-state index contributed by atoms with van der Waals surface area (Å²) in [6, 6.07) is 15.0. The highest BCUT2D eigenvalue weighted by Gasteiger charge is 2.25. The van der Waals surface area contributed by atoms with Crippen molar-refractivity contribution < 1.29 is 0 Å². The van der Waals surface area contributed by atoms with Crippen molar-refractivity contribution in [2.75, 3.05) is 24.2 Å². The lowest BCUT2D eigenvalue weighted by Gasteiger charge is -2.30. The minimum atomic E-state index is 0.584. The Morgan fingerprint density at radius 2 is 1.77 bits per heavy atom. The SMILES string of the molecule is CSc1ccc2nc(N3CCC(c4nc5ccccc5s4)CC3)sc2c1. The monoisotopic (exact) mass is 397 g/mol. The summed E-state index contributed by atoms with van der Waals surface area (Å²) in [6.45, 7) is 2.13. The van der Waals surface area contributed by atoms with E-state index >= 15 is 0 Å². The van der Waals surface area contributed by atoms with Gasteiger partial charge in [0.05, 0.1) is 25.4 Å². The number of rotatable bonds is 3. The molecule has 1 aliphatic heterocycles. The minimum Gasteiger partial charge on any atom is -0.348 e. The van der Waals surface area contributed by atoms with Crippen LogP contribution < -0.4 is 4.90 Å². The van der Waals surface area contributed by atoms with Crippen LogP contribution in [0, 0.1) is 0 Å². The molecule has 4 aromatic rings. The molecular formula is C20H19N3S3. The molecule has 1 aliphatic rings. The predicted octanol–water partition coefficient (Wildman–Crippen LogP) is 6.01. The van der Waals surface area contributed by atoms with Crippen LogP contribution in [0.2, 0.25) is 0 Å². The molecule has 0 amide bonds. The molecule has 5 rings (SSSR count). The second-order valence-electron chi connectivity index (χ2n) is 6.61. The molecule has 0 spiro atoms. The molecular weight excluding hydrogens is 378 g/mol. The highest BCUT2D eigenvalue weighted by Crippen LogP contribution is 2.37. The van der Waals surface area contributed by atoms with Crippen LogP contribution in [0.5, 0.6) is 0 Å². The van der Waals surface area contributed by atoms with Crippen LogP contribution in [-0.4, -0.2) is 29.3 Å². The van der Waals surface area contributed by atoms with Gasteiger partial charge in [-0.1, -0.05) is 23.5 Å². The molecule has 132 valence electrons. The number of aromatic nitrogens is 2. The lowest BCUT2D eigenvalue weighted by atomic mass is 9.98. The summed E-state index contributed by atoms with van der Waals surface area (Å²) in [4.78, 5) is 13.5. The smallest absolute Gasteiger partial charge is 0.186 e. The molecule has 0 atom stereocenters. The highest BCUT2D eigenvalue weighted by molar-refractivity contribution is 7.98. The first kappa shape index (κ1) is 16.5. The lowest BCUT2D eigenvalue weighted by Crippen LogP contribution is -2.32. The Morgan fingerprint density at radius 1 is 0.962 bits per heavy atom. The first-order valence-electron chi connectivity index (χ1n) is 8.85. The molecule has 2 aromatic heterocycles. The Balaban J connectivity index is 1.33. The molecule has 0 saturated carbocycles. The fourth-order valence-electron chi connectivity index (χ4n) is 3.54. The number of para-hydroxylation sites is 1. The summed E-state index contributed by atoms with van der Waals surface area (Å²) in [5.74, 6) is 0.584. The molecule has 2 aromatic carbocycles. The summed E-state index contributed by atoms with van der Waals surface area (Å²) in [5, 5.41) is 2.47. The van der Waals surface area contributed by atoms with E-state index in [4.69, 9.17) is 9.97 Å². The van der Waals surface area contributed by atoms with Crippen molar-refractivity contribution in [3.05, 3.63) is 47.5 Å². The molecule has 0 unspecified atom stereocenters. The number of thiazole rings is 2. The second kappa shape index (κ2) is 6.83. The van der Waals surface area contributed by atoms with E-state index in [2.05, 4.69) is 53.6 Å². The minimum absolute atomic E-state index is 0.584.